The van der Waals surface area contributed by atoms with Crippen molar-refractivity contribution < 1.29 is 4.39 Å². The first kappa shape index (κ1) is 17.4. The molecule has 2 aromatic heterocycles. The van der Waals surface area contributed by atoms with Gasteiger partial charge in [-0.1, -0.05) is 6.92 Å². The van der Waals surface area contributed by atoms with E-state index in [0.717, 1.165) is 46.5 Å². The van der Waals surface area contributed by atoms with Crippen LogP contribution in [0.1, 0.15) is 25.0 Å². The largest absolute Gasteiger partial charge is 0.358 e. The topological polar surface area (TPSA) is 40.7 Å². The van der Waals surface area contributed by atoms with Crippen LogP contribution in [0.4, 0.5) is 4.39 Å². The van der Waals surface area contributed by atoms with Gasteiger partial charge < -0.3 is 10.3 Å². The number of piperidine rings is 1. The highest BCUT2D eigenvalue weighted by Gasteiger charge is 2.25. The molecule has 0 radical (unpaired) electrons. The van der Waals surface area contributed by atoms with Crippen LogP contribution in [-0.4, -0.2) is 23.1 Å². The molecule has 3 nitrogen and oxygen atoms in total. The van der Waals surface area contributed by atoms with Crippen LogP contribution < -0.4 is 5.32 Å². The second-order valence-electron chi connectivity index (χ2n) is 6.96. The standard InChI is InChI=1S/C21H21BrFN3/c1-13-12-24-8-7-17(13)19-11-18(15-6-9-25-20(22)10-15)21(26-19)14-2-4-16(23)5-3-14/h2-6,9-11,13,17,24,26H,7-8,12H2,1H3. The van der Waals surface area contributed by atoms with Crippen LogP contribution in [0.2, 0.25) is 0 Å². The van der Waals surface area contributed by atoms with Gasteiger partial charge in [0.05, 0.1) is 5.69 Å². The Labute approximate surface area is 161 Å². The molecule has 1 saturated heterocycles. The van der Waals surface area contributed by atoms with Crippen molar-refractivity contribution in [3.8, 4) is 22.4 Å². The Morgan fingerprint density at radius 1 is 1.12 bits per heavy atom. The van der Waals surface area contributed by atoms with Gasteiger partial charge in [0.15, 0.2) is 0 Å². The quantitative estimate of drug-likeness (QED) is 0.567. The summed E-state index contributed by atoms with van der Waals surface area (Å²) >= 11 is 3.46. The molecule has 1 aromatic carbocycles. The van der Waals surface area contributed by atoms with Gasteiger partial charge in [-0.3, -0.25) is 0 Å². The zero-order chi connectivity index (χ0) is 18.1. The molecule has 2 atom stereocenters. The van der Waals surface area contributed by atoms with E-state index in [1.54, 1.807) is 6.20 Å². The molecule has 2 unspecified atom stereocenters. The molecule has 3 aromatic rings. The third-order valence-electron chi connectivity index (χ3n) is 5.19. The molecular formula is C21H21BrFN3. The summed E-state index contributed by atoms with van der Waals surface area (Å²) in [4.78, 5) is 7.89. The van der Waals surface area contributed by atoms with Crippen molar-refractivity contribution >= 4 is 15.9 Å². The van der Waals surface area contributed by atoms with Crippen LogP contribution in [0, 0.1) is 11.7 Å². The van der Waals surface area contributed by atoms with E-state index in [0.29, 0.717) is 11.8 Å². The number of aromatic amines is 1. The summed E-state index contributed by atoms with van der Waals surface area (Å²) in [6, 6.07) is 13.0. The van der Waals surface area contributed by atoms with Crippen LogP contribution in [-0.2, 0) is 0 Å². The van der Waals surface area contributed by atoms with Crippen molar-refractivity contribution in [3.63, 3.8) is 0 Å². The van der Waals surface area contributed by atoms with Crippen molar-refractivity contribution in [3.05, 3.63) is 64.8 Å². The predicted octanol–water partition coefficient (Wildman–Crippen LogP) is 5.36. The van der Waals surface area contributed by atoms with E-state index in [1.165, 1.54) is 17.8 Å². The number of rotatable bonds is 3. The van der Waals surface area contributed by atoms with Crippen molar-refractivity contribution in [2.24, 2.45) is 5.92 Å². The van der Waals surface area contributed by atoms with Gasteiger partial charge in [-0.15, -0.1) is 0 Å². The monoisotopic (exact) mass is 413 g/mol. The van der Waals surface area contributed by atoms with Crippen LogP contribution >= 0.6 is 15.9 Å². The zero-order valence-electron chi connectivity index (χ0n) is 14.6. The van der Waals surface area contributed by atoms with Crippen molar-refractivity contribution in [1.82, 2.24) is 15.3 Å². The SMILES string of the molecule is CC1CNCCC1c1cc(-c2ccnc(Br)c2)c(-c2ccc(F)cc2)[nH]1. The molecule has 1 fully saturated rings. The minimum absolute atomic E-state index is 0.222. The number of aromatic nitrogens is 2. The summed E-state index contributed by atoms with van der Waals surface area (Å²) in [5.74, 6) is 0.843. The lowest BCUT2D eigenvalue weighted by Gasteiger charge is -2.28. The van der Waals surface area contributed by atoms with Crippen molar-refractivity contribution in [1.29, 1.82) is 0 Å². The highest BCUT2D eigenvalue weighted by molar-refractivity contribution is 9.10. The van der Waals surface area contributed by atoms with Gasteiger partial charge in [-0.2, -0.15) is 0 Å². The zero-order valence-corrected chi connectivity index (χ0v) is 16.2. The second-order valence-corrected chi connectivity index (χ2v) is 7.78. The Morgan fingerprint density at radius 3 is 2.65 bits per heavy atom. The Morgan fingerprint density at radius 2 is 1.92 bits per heavy atom. The van der Waals surface area contributed by atoms with E-state index in [-0.39, 0.29) is 5.82 Å². The van der Waals surface area contributed by atoms with Crippen LogP contribution in [0.25, 0.3) is 22.4 Å². The molecule has 0 bridgehead atoms. The molecule has 5 heteroatoms. The maximum Gasteiger partial charge on any atom is 0.123 e. The number of nitrogens with one attached hydrogen (secondary N) is 2. The van der Waals surface area contributed by atoms with Crippen LogP contribution in [0.5, 0.6) is 0 Å². The molecule has 134 valence electrons. The minimum Gasteiger partial charge on any atom is -0.358 e. The fraction of sp³-hybridized carbons (Fsp3) is 0.286. The van der Waals surface area contributed by atoms with Crippen molar-refractivity contribution in [2.45, 2.75) is 19.3 Å². The Balaban J connectivity index is 1.83. The number of H-pyrrole nitrogens is 1. The molecule has 2 N–H and O–H groups in total. The lowest BCUT2D eigenvalue weighted by Crippen LogP contribution is -2.33. The van der Waals surface area contributed by atoms with Gasteiger partial charge >= 0.3 is 0 Å². The summed E-state index contributed by atoms with van der Waals surface area (Å²) in [6.07, 6.45) is 2.91. The highest BCUT2D eigenvalue weighted by Crippen LogP contribution is 2.38. The maximum atomic E-state index is 13.4. The third-order valence-corrected chi connectivity index (χ3v) is 5.63. The Hall–Kier alpha value is -1.98. The summed E-state index contributed by atoms with van der Waals surface area (Å²) in [5.41, 5.74) is 5.49. The third kappa shape index (κ3) is 3.46. The molecular weight excluding hydrogens is 393 g/mol. The van der Waals surface area contributed by atoms with Gasteiger partial charge in [-0.25, -0.2) is 9.37 Å². The first-order valence-electron chi connectivity index (χ1n) is 8.93. The van der Waals surface area contributed by atoms with E-state index in [4.69, 9.17) is 0 Å². The predicted molar refractivity (Wildman–Crippen MR) is 107 cm³/mol. The van der Waals surface area contributed by atoms with Crippen LogP contribution in [0.3, 0.4) is 0 Å². The molecule has 0 amide bonds. The van der Waals surface area contributed by atoms with Gasteiger partial charge in [0.1, 0.15) is 10.4 Å². The summed E-state index contributed by atoms with van der Waals surface area (Å²) in [6.45, 7) is 4.36. The van der Waals surface area contributed by atoms with Gasteiger partial charge in [0, 0.05) is 23.4 Å². The number of pyridine rings is 1. The molecule has 26 heavy (non-hydrogen) atoms. The maximum absolute atomic E-state index is 13.4. The summed E-state index contributed by atoms with van der Waals surface area (Å²) in [7, 11) is 0. The normalized spacial score (nSPS) is 20.3. The van der Waals surface area contributed by atoms with Gasteiger partial charge in [-0.05, 0) is 94.9 Å². The van der Waals surface area contributed by atoms with E-state index in [9.17, 15) is 4.39 Å². The fourth-order valence-corrected chi connectivity index (χ4v) is 4.16. The number of hydrogen-bond donors (Lipinski definition) is 2. The van der Waals surface area contributed by atoms with E-state index < -0.39 is 0 Å². The molecule has 1 aliphatic heterocycles. The van der Waals surface area contributed by atoms with Crippen molar-refractivity contribution in [2.75, 3.05) is 13.1 Å². The van der Waals surface area contributed by atoms with Gasteiger partial charge in [0.2, 0.25) is 0 Å². The number of benzene rings is 1. The summed E-state index contributed by atoms with van der Waals surface area (Å²) < 4.78 is 14.2. The molecule has 4 rings (SSSR count). The van der Waals surface area contributed by atoms with E-state index in [2.05, 4.69) is 44.2 Å². The van der Waals surface area contributed by atoms with E-state index >= 15 is 0 Å². The average molecular weight is 414 g/mol. The number of hydrogen-bond acceptors (Lipinski definition) is 2. The Kier molecular flexibility index (Phi) is 4.92. The molecule has 0 saturated carbocycles. The molecule has 0 spiro atoms. The Bertz CT molecular complexity index is 904. The summed E-state index contributed by atoms with van der Waals surface area (Å²) in [5, 5.41) is 3.46. The minimum atomic E-state index is -0.222. The average Bonchev–Trinajstić information content (AvgIpc) is 3.08. The number of nitrogens with zero attached hydrogens (tertiary/aromatic N) is 1. The molecule has 1 aliphatic rings. The lowest BCUT2D eigenvalue weighted by atomic mass is 9.85. The number of halogens is 2. The first-order valence-corrected chi connectivity index (χ1v) is 9.72. The molecule has 0 aliphatic carbocycles. The lowest BCUT2D eigenvalue weighted by molar-refractivity contribution is 0.345. The smallest absolute Gasteiger partial charge is 0.123 e. The molecule has 3 heterocycles. The highest BCUT2D eigenvalue weighted by atomic mass is 79.9. The second kappa shape index (κ2) is 7.33. The first-order chi connectivity index (χ1) is 12.6. The fourth-order valence-electron chi connectivity index (χ4n) is 3.79. The van der Waals surface area contributed by atoms with Gasteiger partial charge in [0.25, 0.3) is 0 Å². The van der Waals surface area contributed by atoms with Crippen LogP contribution in [0.15, 0.2) is 53.3 Å². The van der Waals surface area contributed by atoms with E-state index in [1.807, 2.05) is 24.3 Å².